The molecule has 2 amide bonds. The van der Waals surface area contributed by atoms with Crippen LogP contribution >= 0.6 is 0 Å². The maximum Gasteiger partial charge on any atom is 0.408 e. The second-order valence-corrected chi connectivity index (χ2v) is 8.08. The van der Waals surface area contributed by atoms with Crippen LogP contribution in [0.4, 0.5) is 4.79 Å². The lowest BCUT2D eigenvalue weighted by Crippen LogP contribution is -2.53. The van der Waals surface area contributed by atoms with Gasteiger partial charge in [-0.05, 0) is 28.8 Å². The van der Waals surface area contributed by atoms with Gasteiger partial charge in [0.05, 0.1) is 14.2 Å². The van der Waals surface area contributed by atoms with Crippen molar-refractivity contribution in [2.24, 2.45) is 0 Å². The number of hydrogen-bond acceptors (Lipinski definition) is 6. The maximum absolute atomic E-state index is 13.3. The number of methoxy groups -OCH3 is 2. The fourth-order valence-electron chi connectivity index (χ4n) is 3.57. The van der Waals surface area contributed by atoms with Crippen LogP contribution in [0.1, 0.15) is 16.7 Å². The summed E-state index contributed by atoms with van der Waals surface area (Å²) >= 11 is 0. The molecule has 0 bridgehead atoms. The number of hydrogen-bond donors (Lipinski definition) is 2. The van der Waals surface area contributed by atoms with Gasteiger partial charge in [0.1, 0.15) is 24.4 Å². The van der Waals surface area contributed by atoms with Gasteiger partial charge in [-0.15, -0.1) is 0 Å². The minimum Gasteiger partial charge on any atom is -0.497 e. The second kappa shape index (κ2) is 13.5. The average Bonchev–Trinajstić information content (AvgIpc) is 2.92. The summed E-state index contributed by atoms with van der Waals surface area (Å²) in [4.78, 5) is 38.3. The minimum absolute atomic E-state index is 0.0641. The molecule has 2 N–H and O–H groups in total. The van der Waals surface area contributed by atoms with E-state index in [4.69, 9.17) is 14.2 Å². The van der Waals surface area contributed by atoms with Gasteiger partial charge in [-0.25, -0.2) is 9.59 Å². The SMILES string of the molecule is COC(=O)[C@@H](Cc1ccc(OC)cc1)NC(=O)[C@H](Cc1ccccc1)NC(=O)OCc1ccccc1. The molecule has 0 aromatic heterocycles. The molecule has 0 aliphatic carbocycles. The number of alkyl carbamates (subject to hydrolysis) is 1. The summed E-state index contributed by atoms with van der Waals surface area (Å²) in [5.74, 6) is -0.442. The quantitative estimate of drug-likeness (QED) is 0.399. The Bertz CT molecular complexity index is 1120. The molecule has 0 aliphatic heterocycles. The molecule has 3 rings (SSSR count). The molecule has 0 fully saturated rings. The number of ether oxygens (including phenoxy) is 3. The number of amides is 2. The standard InChI is InChI=1S/C28H30N2O6/c1-34-23-15-13-21(14-16-23)18-25(27(32)35-2)29-26(31)24(17-20-9-5-3-6-10-20)30-28(33)36-19-22-11-7-4-8-12-22/h3-16,24-25H,17-19H2,1-2H3,(H,29,31)(H,30,33)/t24-,25+/m0/s1. The molecule has 188 valence electrons. The van der Waals surface area contributed by atoms with E-state index in [1.807, 2.05) is 72.8 Å². The second-order valence-electron chi connectivity index (χ2n) is 8.08. The summed E-state index contributed by atoms with van der Waals surface area (Å²) in [6.45, 7) is 0.0641. The van der Waals surface area contributed by atoms with Gasteiger partial charge in [0.15, 0.2) is 0 Å². The Labute approximate surface area is 210 Å². The zero-order valence-electron chi connectivity index (χ0n) is 20.3. The molecule has 2 atom stereocenters. The van der Waals surface area contributed by atoms with Gasteiger partial charge in [-0.2, -0.15) is 0 Å². The topological polar surface area (TPSA) is 103 Å². The number of carbonyl (C=O) groups excluding carboxylic acids is 3. The number of rotatable bonds is 11. The Morgan fingerprint density at radius 2 is 1.25 bits per heavy atom. The highest BCUT2D eigenvalue weighted by molar-refractivity contribution is 5.90. The van der Waals surface area contributed by atoms with E-state index in [1.54, 1.807) is 19.2 Å². The zero-order chi connectivity index (χ0) is 25.8. The van der Waals surface area contributed by atoms with Crippen molar-refractivity contribution in [3.63, 3.8) is 0 Å². The van der Waals surface area contributed by atoms with Crippen molar-refractivity contribution >= 4 is 18.0 Å². The first-order valence-corrected chi connectivity index (χ1v) is 11.5. The third kappa shape index (κ3) is 8.16. The summed E-state index contributed by atoms with van der Waals surface area (Å²) in [7, 11) is 2.83. The molecule has 8 heteroatoms. The lowest BCUT2D eigenvalue weighted by molar-refractivity contribution is -0.145. The van der Waals surface area contributed by atoms with Crippen molar-refractivity contribution < 1.29 is 28.6 Å². The number of esters is 1. The molecular weight excluding hydrogens is 460 g/mol. The lowest BCUT2D eigenvalue weighted by Gasteiger charge is -2.22. The van der Waals surface area contributed by atoms with Gasteiger partial charge in [0.2, 0.25) is 5.91 Å². The summed E-state index contributed by atoms with van der Waals surface area (Å²) in [6.07, 6.45) is -0.317. The van der Waals surface area contributed by atoms with Gasteiger partial charge in [0.25, 0.3) is 0 Å². The van der Waals surface area contributed by atoms with Crippen LogP contribution in [0.2, 0.25) is 0 Å². The van der Waals surface area contributed by atoms with Crippen molar-refractivity contribution in [3.8, 4) is 5.75 Å². The molecule has 0 aliphatic rings. The van der Waals surface area contributed by atoms with Crippen LogP contribution in [0, 0.1) is 0 Å². The Hall–Kier alpha value is -4.33. The van der Waals surface area contributed by atoms with Gasteiger partial charge < -0.3 is 24.8 Å². The highest BCUT2D eigenvalue weighted by atomic mass is 16.5. The summed E-state index contributed by atoms with van der Waals surface area (Å²) in [5, 5.41) is 5.36. The van der Waals surface area contributed by atoms with Crippen molar-refractivity contribution in [3.05, 3.63) is 102 Å². The first-order chi connectivity index (χ1) is 17.5. The van der Waals surface area contributed by atoms with Crippen LogP contribution in [-0.4, -0.2) is 44.3 Å². The van der Waals surface area contributed by atoms with E-state index < -0.39 is 30.1 Å². The van der Waals surface area contributed by atoms with Crippen LogP contribution in [0.3, 0.4) is 0 Å². The van der Waals surface area contributed by atoms with Gasteiger partial charge in [-0.1, -0.05) is 72.8 Å². The van der Waals surface area contributed by atoms with E-state index in [-0.39, 0.29) is 19.4 Å². The predicted molar refractivity (Wildman–Crippen MR) is 134 cm³/mol. The van der Waals surface area contributed by atoms with Gasteiger partial charge in [-0.3, -0.25) is 4.79 Å². The third-order valence-corrected chi connectivity index (χ3v) is 5.51. The average molecular weight is 491 g/mol. The van der Waals surface area contributed by atoms with E-state index in [0.29, 0.717) is 5.75 Å². The van der Waals surface area contributed by atoms with Crippen LogP contribution in [-0.2, 0) is 38.5 Å². The molecular formula is C28H30N2O6. The van der Waals surface area contributed by atoms with Crippen LogP contribution in [0.15, 0.2) is 84.9 Å². The molecule has 3 aromatic carbocycles. The largest absolute Gasteiger partial charge is 0.497 e. The van der Waals surface area contributed by atoms with Crippen LogP contribution < -0.4 is 15.4 Å². The fourth-order valence-corrected chi connectivity index (χ4v) is 3.57. The summed E-state index contributed by atoms with van der Waals surface area (Å²) in [6, 6.07) is 23.7. The van der Waals surface area contributed by atoms with E-state index >= 15 is 0 Å². The molecule has 36 heavy (non-hydrogen) atoms. The van der Waals surface area contributed by atoms with E-state index in [9.17, 15) is 14.4 Å². The number of nitrogens with one attached hydrogen (secondary N) is 2. The Morgan fingerprint density at radius 3 is 1.83 bits per heavy atom. The molecule has 0 radical (unpaired) electrons. The monoisotopic (exact) mass is 490 g/mol. The first-order valence-electron chi connectivity index (χ1n) is 11.5. The molecule has 0 saturated heterocycles. The zero-order valence-corrected chi connectivity index (χ0v) is 20.3. The molecule has 3 aromatic rings. The molecule has 0 unspecified atom stereocenters. The highest BCUT2D eigenvalue weighted by Gasteiger charge is 2.28. The third-order valence-electron chi connectivity index (χ3n) is 5.51. The molecule has 0 spiro atoms. The van der Waals surface area contributed by atoms with Gasteiger partial charge >= 0.3 is 12.1 Å². The Balaban J connectivity index is 1.71. The molecule has 0 heterocycles. The normalized spacial score (nSPS) is 12.1. The van der Waals surface area contributed by atoms with Crippen molar-refractivity contribution in [2.75, 3.05) is 14.2 Å². The summed E-state index contributed by atoms with van der Waals surface area (Å²) < 4.78 is 15.4. The fraction of sp³-hybridized carbons (Fsp3) is 0.250. The summed E-state index contributed by atoms with van der Waals surface area (Å²) in [5.41, 5.74) is 2.47. The van der Waals surface area contributed by atoms with E-state index in [2.05, 4.69) is 10.6 Å². The predicted octanol–water partition coefficient (Wildman–Crippen LogP) is 3.43. The minimum atomic E-state index is -0.973. The van der Waals surface area contributed by atoms with Crippen molar-refractivity contribution in [1.29, 1.82) is 0 Å². The van der Waals surface area contributed by atoms with E-state index in [0.717, 1.165) is 16.7 Å². The smallest absolute Gasteiger partial charge is 0.408 e. The van der Waals surface area contributed by atoms with Gasteiger partial charge in [0, 0.05) is 12.8 Å². The maximum atomic E-state index is 13.3. The Kier molecular flexibility index (Phi) is 9.88. The first kappa shape index (κ1) is 26.3. The highest BCUT2D eigenvalue weighted by Crippen LogP contribution is 2.14. The van der Waals surface area contributed by atoms with Crippen LogP contribution in [0.25, 0.3) is 0 Å². The number of carbonyl (C=O) groups is 3. The van der Waals surface area contributed by atoms with Crippen molar-refractivity contribution in [1.82, 2.24) is 10.6 Å². The molecule has 8 nitrogen and oxygen atoms in total. The van der Waals surface area contributed by atoms with E-state index in [1.165, 1.54) is 7.11 Å². The molecule has 0 saturated carbocycles. The Morgan fingerprint density at radius 1 is 0.694 bits per heavy atom. The lowest BCUT2D eigenvalue weighted by atomic mass is 10.0. The van der Waals surface area contributed by atoms with Crippen molar-refractivity contribution in [2.45, 2.75) is 31.5 Å². The van der Waals surface area contributed by atoms with Crippen LogP contribution in [0.5, 0.6) is 5.75 Å². The number of benzene rings is 3.